The number of hydrogen-bond donors (Lipinski definition) is 0. The summed E-state index contributed by atoms with van der Waals surface area (Å²) in [5.74, 6) is -0.229. The fraction of sp³-hybridized carbons (Fsp3) is 0.333. The Balaban J connectivity index is 1.94. The van der Waals surface area contributed by atoms with E-state index in [4.69, 9.17) is 0 Å². The summed E-state index contributed by atoms with van der Waals surface area (Å²) in [4.78, 5) is 27.2. The summed E-state index contributed by atoms with van der Waals surface area (Å²) in [6, 6.07) is 7.58. The molecule has 1 aliphatic heterocycles. The Labute approximate surface area is 116 Å². The average molecular weight is 273 g/mol. The van der Waals surface area contributed by atoms with Gasteiger partial charge in [0.15, 0.2) is 0 Å². The van der Waals surface area contributed by atoms with Crippen LogP contribution in [0.5, 0.6) is 0 Å². The molecule has 1 heterocycles. The first-order chi connectivity index (χ1) is 9.22. The van der Waals surface area contributed by atoms with Gasteiger partial charge in [0.25, 0.3) is 11.8 Å². The molecule has 0 saturated heterocycles. The molecular formula is C15H15NO2S. The van der Waals surface area contributed by atoms with Crippen molar-refractivity contribution in [3.63, 3.8) is 0 Å². The van der Waals surface area contributed by atoms with Gasteiger partial charge < -0.3 is 0 Å². The first-order valence-electron chi connectivity index (χ1n) is 6.47. The highest BCUT2D eigenvalue weighted by Gasteiger charge is 2.39. The molecule has 98 valence electrons. The highest BCUT2D eigenvalue weighted by atomic mass is 32.2. The standard InChI is InChI=1S/C15H15NO2S/c1-19-11-8-6-10(7-9-11)16-14(17)12-4-2-3-5-13(12)15(16)18/h6-9H,2-5H2,1H3. The molecule has 2 amide bonds. The smallest absolute Gasteiger partial charge is 0.261 e. The van der Waals surface area contributed by atoms with Crippen LogP contribution in [-0.2, 0) is 9.59 Å². The molecule has 1 aliphatic carbocycles. The van der Waals surface area contributed by atoms with Crippen molar-refractivity contribution in [1.82, 2.24) is 0 Å². The van der Waals surface area contributed by atoms with E-state index in [-0.39, 0.29) is 11.8 Å². The van der Waals surface area contributed by atoms with Gasteiger partial charge in [-0.2, -0.15) is 0 Å². The van der Waals surface area contributed by atoms with Crippen LogP contribution < -0.4 is 4.90 Å². The predicted octanol–water partition coefficient (Wildman–Crippen LogP) is 3.15. The van der Waals surface area contributed by atoms with Gasteiger partial charge >= 0.3 is 0 Å². The van der Waals surface area contributed by atoms with Crippen molar-refractivity contribution in [1.29, 1.82) is 0 Å². The Hall–Kier alpha value is -1.55. The SMILES string of the molecule is CSc1ccc(N2C(=O)C3=C(CCCC3)C2=O)cc1. The molecule has 3 rings (SSSR count). The maximum absolute atomic E-state index is 12.3. The third-order valence-electron chi connectivity index (χ3n) is 3.72. The average Bonchev–Trinajstić information content (AvgIpc) is 2.72. The van der Waals surface area contributed by atoms with Crippen molar-refractivity contribution in [2.24, 2.45) is 0 Å². The predicted molar refractivity (Wildman–Crippen MR) is 76.2 cm³/mol. The molecule has 0 unspecified atom stereocenters. The Bertz CT molecular complexity index is 546. The van der Waals surface area contributed by atoms with Crippen LogP contribution in [0.3, 0.4) is 0 Å². The van der Waals surface area contributed by atoms with E-state index < -0.39 is 0 Å². The summed E-state index contributed by atoms with van der Waals surface area (Å²) in [5.41, 5.74) is 2.16. The summed E-state index contributed by atoms with van der Waals surface area (Å²) < 4.78 is 0. The summed E-state index contributed by atoms with van der Waals surface area (Å²) >= 11 is 1.64. The molecule has 1 aromatic rings. The third kappa shape index (κ3) is 2.00. The number of rotatable bonds is 2. The van der Waals surface area contributed by atoms with Crippen molar-refractivity contribution < 1.29 is 9.59 Å². The second kappa shape index (κ2) is 4.85. The van der Waals surface area contributed by atoms with Crippen molar-refractivity contribution >= 4 is 29.3 Å². The molecule has 3 nitrogen and oxygen atoms in total. The third-order valence-corrected chi connectivity index (χ3v) is 4.46. The molecular weight excluding hydrogens is 258 g/mol. The molecule has 0 saturated carbocycles. The van der Waals surface area contributed by atoms with Crippen LogP contribution in [0.2, 0.25) is 0 Å². The number of imide groups is 1. The van der Waals surface area contributed by atoms with E-state index in [0.717, 1.165) is 41.7 Å². The number of benzene rings is 1. The van der Waals surface area contributed by atoms with Gasteiger partial charge in [-0.25, -0.2) is 4.90 Å². The van der Waals surface area contributed by atoms with E-state index in [2.05, 4.69) is 0 Å². The second-order valence-corrected chi connectivity index (χ2v) is 5.69. The fourth-order valence-electron chi connectivity index (χ4n) is 2.71. The van der Waals surface area contributed by atoms with E-state index in [1.54, 1.807) is 11.8 Å². The van der Waals surface area contributed by atoms with Gasteiger partial charge in [-0.3, -0.25) is 9.59 Å². The van der Waals surface area contributed by atoms with Crippen LogP contribution >= 0.6 is 11.8 Å². The zero-order valence-electron chi connectivity index (χ0n) is 10.8. The van der Waals surface area contributed by atoms with Crippen molar-refractivity contribution in [3.8, 4) is 0 Å². The van der Waals surface area contributed by atoms with Crippen molar-refractivity contribution in [3.05, 3.63) is 35.4 Å². The van der Waals surface area contributed by atoms with Crippen LogP contribution in [0.15, 0.2) is 40.3 Å². The largest absolute Gasteiger partial charge is 0.269 e. The quantitative estimate of drug-likeness (QED) is 0.613. The number of carbonyl (C=O) groups excluding carboxylic acids is 2. The maximum atomic E-state index is 12.3. The first-order valence-corrected chi connectivity index (χ1v) is 7.69. The molecule has 4 heteroatoms. The van der Waals surface area contributed by atoms with Gasteiger partial charge in [0.05, 0.1) is 5.69 Å². The monoisotopic (exact) mass is 273 g/mol. The van der Waals surface area contributed by atoms with Gasteiger partial charge in [0, 0.05) is 16.0 Å². The Morgan fingerprint density at radius 2 is 1.47 bits per heavy atom. The van der Waals surface area contributed by atoms with Crippen LogP contribution in [0, 0.1) is 0 Å². The maximum Gasteiger partial charge on any atom is 0.261 e. The Morgan fingerprint density at radius 3 is 1.95 bits per heavy atom. The van der Waals surface area contributed by atoms with Crippen LogP contribution in [0.1, 0.15) is 25.7 Å². The zero-order chi connectivity index (χ0) is 13.4. The topological polar surface area (TPSA) is 37.4 Å². The molecule has 0 bridgehead atoms. The molecule has 0 atom stereocenters. The first kappa shape index (κ1) is 12.5. The number of nitrogens with zero attached hydrogens (tertiary/aromatic N) is 1. The molecule has 0 N–H and O–H groups in total. The molecule has 1 aromatic carbocycles. The minimum absolute atomic E-state index is 0.114. The van der Waals surface area contributed by atoms with Crippen molar-refractivity contribution in [2.75, 3.05) is 11.2 Å². The number of carbonyl (C=O) groups is 2. The minimum Gasteiger partial charge on any atom is -0.269 e. The number of thioether (sulfide) groups is 1. The molecule has 2 aliphatic rings. The van der Waals surface area contributed by atoms with Gasteiger partial charge in [-0.15, -0.1) is 11.8 Å². The van der Waals surface area contributed by atoms with E-state index in [0.29, 0.717) is 5.69 Å². The lowest BCUT2D eigenvalue weighted by Gasteiger charge is -2.15. The highest BCUT2D eigenvalue weighted by Crippen LogP contribution is 2.35. The Kier molecular flexibility index (Phi) is 3.19. The van der Waals surface area contributed by atoms with Crippen LogP contribution in [0.25, 0.3) is 0 Å². The summed E-state index contributed by atoms with van der Waals surface area (Å²) in [6.45, 7) is 0. The Morgan fingerprint density at radius 1 is 0.947 bits per heavy atom. The second-order valence-electron chi connectivity index (χ2n) is 4.81. The number of anilines is 1. The van der Waals surface area contributed by atoms with Crippen LogP contribution in [-0.4, -0.2) is 18.1 Å². The lowest BCUT2D eigenvalue weighted by atomic mass is 9.93. The van der Waals surface area contributed by atoms with Crippen molar-refractivity contribution in [2.45, 2.75) is 30.6 Å². The number of amides is 2. The lowest BCUT2D eigenvalue weighted by molar-refractivity contribution is -0.120. The highest BCUT2D eigenvalue weighted by molar-refractivity contribution is 7.98. The summed E-state index contributed by atoms with van der Waals surface area (Å²) in [7, 11) is 0. The lowest BCUT2D eigenvalue weighted by Crippen LogP contribution is -2.31. The van der Waals surface area contributed by atoms with E-state index in [9.17, 15) is 9.59 Å². The van der Waals surface area contributed by atoms with Gasteiger partial charge in [0.2, 0.25) is 0 Å². The molecule has 0 fully saturated rings. The van der Waals surface area contributed by atoms with E-state index in [1.165, 1.54) is 4.90 Å². The van der Waals surface area contributed by atoms with Gasteiger partial charge in [-0.05, 0) is 56.2 Å². The van der Waals surface area contributed by atoms with Gasteiger partial charge in [0.1, 0.15) is 0 Å². The molecule has 0 aromatic heterocycles. The van der Waals surface area contributed by atoms with Gasteiger partial charge in [-0.1, -0.05) is 0 Å². The summed E-state index contributed by atoms with van der Waals surface area (Å²) in [6.07, 6.45) is 5.52. The molecule has 0 spiro atoms. The minimum atomic E-state index is -0.114. The zero-order valence-corrected chi connectivity index (χ0v) is 11.6. The van der Waals surface area contributed by atoms with Crippen LogP contribution in [0.4, 0.5) is 5.69 Å². The van der Waals surface area contributed by atoms with E-state index >= 15 is 0 Å². The molecule has 0 radical (unpaired) electrons. The summed E-state index contributed by atoms with van der Waals surface area (Å²) in [5, 5.41) is 0. The fourth-order valence-corrected chi connectivity index (χ4v) is 3.11. The van der Waals surface area contributed by atoms with E-state index in [1.807, 2.05) is 30.5 Å². The molecule has 19 heavy (non-hydrogen) atoms. The normalized spacial score (nSPS) is 19.1. The number of hydrogen-bond acceptors (Lipinski definition) is 3.